The summed E-state index contributed by atoms with van der Waals surface area (Å²) >= 11 is 3.39. The van der Waals surface area contributed by atoms with Crippen molar-refractivity contribution in [2.75, 3.05) is 11.9 Å². The quantitative estimate of drug-likeness (QED) is 0.274. The Morgan fingerprint density at radius 1 is 1.00 bits per heavy atom. The molecule has 0 saturated carbocycles. The zero-order valence-corrected chi connectivity index (χ0v) is 8.98. The average molecular weight is 234 g/mol. The average Bonchev–Trinajstić information content (AvgIpc) is 2.10. The lowest BCUT2D eigenvalue weighted by molar-refractivity contribution is 0.560. The second-order valence-corrected chi connectivity index (χ2v) is 3.58. The highest BCUT2D eigenvalue weighted by Gasteiger charge is 1.89. The summed E-state index contributed by atoms with van der Waals surface area (Å²) in [5.74, 6) is 0. The molecule has 12 heavy (non-hydrogen) atoms. The minimum atomic E-state index is 0.655. The van der Waals surface area contributed by atoms with E-state index in [9.17, 15) is 4.79 Å². The summed E-state index contributed by atoms with van der Waals surface area (Å²) < 4.78 is 0. The van der Waals surface area contributed by atoms with Crippen molar-refractivity contribution in [3.63, 3.8) is 0 Å². The first kappa shape index (κ1) is 11.9. The maximum absolute atomic E-state index is 9.68. The highest BCUT2D eigenvalue weighted by molar-refractivity contribution is 9.09. The van der Waals surface area contributed by atoms with E-state index < -0.39 is 0 Å². The molecule has 0 amide bonds. The summed E-state index contributed by atoms with van der Waals surface area (Å²) in [7, 11) is 0. The third kappa shape index (κ3) is 9.86. The van der Waals surface area contributed by atoms with Crippen LogP contribution in [0, 0.1) is 0 Å². The second kappa shape index (κ2) is 10.9. The van der Waals surface area contributed by atoms with E-state index in [-0.39, 0.29) is 0 Å². The molecular weight excluding hydrogens is 218 g/mol. The van der Waals surface area contributed by atoms with Crippen LogP contribution in [0.4, 0.5) is 0 Å². The smallest absolute Gasteiger partial charge is 0.211 e. The van der Waals surface area contributed by atoms with E-state index in [2.05, 4.69) is 20.9 Å². The van der Waals surface area contributed by atoms with E-state index >= 15 is 0 Å². The van der Waals surface area contributed by atoms with Gasteiger partial charge in [-0.2, -0.15) is 0 Å². The lowest BCUT2D eigenvalue weighted by atomic mass is 10.1. The second-order valence-electron chi connectivity index (χ2n) is 2.78. The lowest BCUT2D eigenvalue weighted by Gasteiger charge is -1.97. The maximum atomic E-state index is 9.68. The van der Waals surface area contributed by atoms with Gasteiger partial charge in [-0.05, 0) is 12.8 Å². The molecule has 3 heteroatoms. The van der Waals surface area contributed by atoms with E-state index in [0.29, 0.717) is 6.54 Å². The zero-order valence-electron chi connectivity index (χ0n) is 7.39. The van der Waals surface area contributed by atoms with Crippen molar-refractivity contribution in [3.8, 4) is 0 Å². The van der Waals surface area contributed by atoms with Gasteiger partial charge < -0.3 is 0 Å². The number of carbonyl (C=O) groups excluding carboxylic acids is 1. The summed E-state index contributed by atoms with van der Waals surface area (Å²) in [6.45, 7) is 0.655. The molecular formula is C9H16BrNO. The third-order valence-corrected chi connectivity index (χ3v) is 2.28. The van der Waals surface area contributed by atoms with Gasteiger partial charge in [0, 0.05) is 5.33 Å². The van der Waals surface area contributed by atoms with E-state index in [1.165, 1.54) is 32.1 Å². The van der Waals surface area contributed by atoms with E-state index in [4.69, 9.17) is 0 Å². The Labute approximate surface area is 82.6 Å². The van der Waals surface area contributed by atoms with Crippen molar-refractivity contribution >= 4 is 22.0 Å². The first-order valence-corrected chi connectivity index (χ1v) is 5.63. The molecule has 0 aliphatic rings. The summed E-state index contributed by atoms with van der Waals surface area (Å²) in [4.78, 5) is 13.2. The molecule has 2 nitrogen and oxygen atoms in total. The summed E-state index contributed by atoms with van der Waals surface area (Å²) in [6, 6.07) is 0. The molecule has 0 bridgehead atoms. The molecule has 0 spiro atoms. The van der Waals surface area contributed by atoms with Crippen LogP contribution in [0.15, 0.2) is 4.99 Å². The SMILES string of the molecule is O=C=NCCCCCCCCBr. The van der Waals surface area contributed by atoms with E-state index in [1.807, 2.05) is 0 Å². The lowest BCUT2D eigenvalue weighted by Crippen LogP contribution is -1.83. The molecule has 0 N–H and O–H groups in total. The summed E-state index contributed by atoms with van der Waals surface area (Å²) in [5, 5.41) is 1.11. The van der Waals surface area contributed by atoms with Gasteiger partial charge in [-0.25, -0.2) is 9.79 Å². The highest BCUT2D eigenvalue weighted by atomic mass is 79.9. The number of rotatable bonds is 8. The van der Waals surface area contributed by atoms with Gasteiger partial charge in [0.15, 0.2) is 0 Å². The Balaban J connectivity index is 2.86. The van der Waals surface area contributed by atoms with Crippen LogP contribution in [0.5, 0.6) is 0 Å². The maximum Gasteiger partial charge on any atom is 0.234 e. The predicted molar refractivity (Wildman–Crippen MR) is 54.5 cm³/mol. The number of isocyanates is 1. The normalized spacial score (nSPS) is 9.42. The van der Waals surface area contributed by atoms with Crippen LogP contribution in [-0.2, 0) is 4.79 Å². The molecule has 0 saturated heterocycles. The molecule has 0 heterocycles. The first-order chi connectivity index (χ1) is 5.91. The summed E-state index contributed by atoms with van der Waals surface area (Å²) in [6.07, 6.45) is 8.91. The van der Waals surface area contributed by atoms with Crippen LogP contribution in [0.1, 0.15) is 38.5 Å². The molecule has 0 unspecified atom stereocenters. The zero-order chi connectivity index (χ0) is 9.07. The van der Waals surface area contributed by atoms with Gasteiger partial charge >= 0.3 is 0 Å². The van der Waals surface area contributed by atoms with Gasteiger partial charge in [0.2, 0.25) is 6.08 Å². The monoisotopic (exact) mass is 233 g/mol. The number of aliphatic imine (C=N–C) groups is 1. The van der Waals surface area contributed by atoms with Crippen molar-refractivity contribution in [1.29, 1.82) is 0 Å². The van der Waals surface area contributed by atoms with Gasteiger partial charge in [0.25, 0.3) is 0 Å². The topological polar surface area (TPSA) is 29.4 Å². The highest BCUT2D eigenvalue weighted by Crippen LogP contribution is 2.06. The number of unbranched alkanes of at least 4 members (excludes halogenated alkanes) is 5. The van der Waals surface area contributed by atoms with E-state index in [1.54, 1.807) is 6.08 Å². The molecule has 0 aromatic heterocycles. The van der Waals surface area contributed by atoms with Gasteiger partial charge in [-0.15, -0.1) is 0 Å². The fraction of sp³-hybridized carbons (Fsp3) is 0.889. The minimum absolute atomic E-state index is 0.655. The molecule has 0 fully saturated rings. The van der Waals surface area contributed by atoms with Crippen molar-refractivity contribution in [1.82, 2.24) is 0 Å². The fourth-order valence-electron chi connectivity index (χ4n) is 1.04. The number of halogens is 1. The van der Waals surface area contributed by atoms with Crippen LogP contribution < -0.4 is 0 Å². The number of hydrogen-bond donors (Lipinski definition) is 0. The minimum Gasteiger partial charge on any atom is -0.211 e. The molecule has 0 aliphatic heterocycles. The third-order valence-electron chi connectivity index (χ3n) is 1.72. The van der Waals surface area contributed by atoms with Gasteiger partial charge in [-0.1, -0.05) is 41.6 Å². The van der Waals surface area contributed by atoms with Gasteiger partial charge in [0.1, 0.15) is 0 Å². The predicted octanol–water partition coefficient (Wildman–Crippen LogP) is 3.06. The van der Waals surface area contributed by atoms with Crippen molar-refractivity contribution < 1.29 is 4.79 Å². The van der Waals surface area contributed by atoms with Gasteiger partial charge in [0.05, 0.1) is 6.54 Å². The molecule has 0 radical (unpaired) electrons. The van der Waals surface area contributed by atoms with Gasteiger partial charge in [-0.3, -0.25) is 0 Å². The molecule has 0 atom stereocenters. The van der Waals surface area contributed by atoms with Crippen LogP contribution in [-0.4, -0.2) is 18.0 Å². The Bertz CT molecular complexity index is 132. The van der Waals surface area contributed by atoms with Crippen molar-refractivity contribution in [2.24, 2.45) is 4.99 Å². The Morgan fingerprint density at radius 2 is 1.58 bits per heavy atom. The van der Waals surface area contributed by atoms with Crippen molar-refractivity contribution in [3.05, 3.63) is 0 Å². The van der Waals surface area contributed by atoms with Crippen LogP contribution >= 0.6 is 15.9 Å². The number of alkyl halides is 1. The number of hydrogen-bond acceptors (Lipinski definition) is 2. The Kier molecular flexibility index (Phi) is 10.7. The molecule has 0 rings (SSSR count). The van der Waals surface area contributed by atoms with Crippen LogP contribution in [0.3, 0.4) is 0 Å². The first-order valence-electron chi connectivity index (χ1n) is 4.51. The Morgan fingerprint density at radius 3 is 2.17 bits per heavy atom. The number of nitrogens with zero attached hydrogens (tertiary/aromatic N) is 1. The molecule has 0 aliphatic carbocycles. The molecule has 0 aromatic rings. The standard InChI is InChI=1S/C9H16BrNO/c10-7-5-3-1-2-4-6-8-11-9-12/h1-8H2. The van der Waals surface area contributed by atoms with Crippen LogP contribution in [0.2, 0.25) is 0 Å². The van der Waals surface area contributed by atoms with Crippen LogP contribution in [0.25, 0.3) is 0 Å². The fourth-order valence-corrected chi connectivity index (χ4v) is 1.43. The van der Waals surface area contributed by atoms with E-state index in [0.717, 1.165) is 11.8 Å². The molecule has 0 aromatic carbocycles. The van der Waals surface area contributed by atoms with Crippen molar-refractivity contribution in [2.45, 2.75) is 38.5 Å². The Hall–Kier alpha value is -0.140. The molecule has 70 valence electrons. The largest absolute Gasteiger partial charge is 0.234 e. The summed E-state index contributed by atoms with van der Waals surface area (Å²) in [5.41, 5.74) is 0.